The van der Waals surface area contributed by atoms with Crippen LogP contribution in [0.2, 0.25) is 0 Å². The molecule has 2 aromatic carbocycles. The number of halogens is 3. The topological polar surface area (TPSA) is 29.1 Å². The highest BCUT2D eigenvalue weighted by Gasteiger charge is 2.33. The average Bonchev–Trinajstić information content (AvgIpc) is 3.10. The maximum absolute atomic E-state index is 13.1. The lowest BCUT2D eigenvalue weighted by Gasteiger charge is -2.11. The zero-order valence-electron chi connectivity index (χ0n) is 13.0. The fourth-order valence-electron chi connectivity index (χ4n) is 2.42. The number of thiophene rings is 1. The minimum absolute atomic E-state index is 0.0853. The Labute approximate surface area is 146 Å². The molecule has 0 aliphatic carbocycles. The Bertz CT molecular complexity index is 872. The molecule has 0 fully saturated rings. The number of benzene rings is 2. The average molecular weight is 361 g/mol. The van der Waals surface area contributed by atoms with Crippen LogP contribution >= 0.6 is 11.3 Å². The highest BCUT2D eigenvalue weighted by atomic mass is 32.1. The highest BCUT2D eigenvalue weighted by molar-refractivity contribution is 7.17. The van der Waals surface area contributed by atoms with Crippen LogP contribution in [-0.4, -0.2) is 5.91 Å². The van der Waals surface area contributed by atoms with E-state index in [4.69, 9.17) is 0 Å². The molecule has 1 amide bonds. The van der Waals surface area contributed by atoms with Crippen molar-refractivity contribution < 1.29 is 18.0 Å². The van der Waals surface area contributed by atoms with Crippen LogP contribution in [0.5, 0.6) is 0 Å². The second kappa shape index (κ2) is 7.11. The molecule has 1 aromatic heterocycles. The molecular weight excluding hydrogens is 347 g/mol. The van der Waals surface area contributed by atoms with Gasteiger partial charge < -0.3 is 5.32 Å². The molecule has 1 N–H and O–H groups in total. The minimum atomic E-state index is -4.43. The third-order valence-electron chi connectivity index (χ3n) is 3.62. The van der Waals surface area contributed by atoms with E-state index in [0.29, 0.717) is 16.3 Å². The molecule has 0 bridgehead atoms. The van der Waals surface area contributed by atoms with Crippen molar-refractivity contribution in [3.05, 3.63) is 82.7 Å². The first-order valence-electron chi connectivity index (χ1n) is 7.54. The van der Waals surface area contributed by atoms with Crippen LogP contribution in [0.25, 0.3) is 10.4 Å². The molecule has 0 aliphatic heterocycles. The van der Waals surface area contributed by atoms with Crippen LogP contribution < -0.4 is 5.32 Å². The van der Waals surface area contributed by atoms with Crippen LogP contribution in [0.3, 0.4) is 0 Å². The van der Waals surface area contributed by atoms with Crippen molar-refractivity contribution in [3.8, 4) is 10.4 Å². The summed E-state index contributed by atoms with van der Waals surface area (Å²) >= 11 is 1.05. The number of carbonyl (C=O) groups is 1. The minimum Gasteiger partial charge on any atom is -0.347 e. The van der Waals surface area contributed by atoms with Gasteiger partial charge in [-0.15, -0.1) is 11.3 Å². The van der Waals surface area contributed by atoms with E-state index in [1.165, 1.54) is 12.1 Å². The van der Waals surface area contributed by atoms with Gasteiger partial charge in [-0.1, -0.05) is 48.5 Å². The number of rotatable bonds is 4. The summed E-state index contributed by atoms with van der Waals surface area (Å²) in [6.45, 7) is 0.367. The van der Waals surface area contributed by atoms with Gasteiger partial charge in [0.05, 0.1) is 10.4 Å². The van der Waals surface area contributed by atoms with Gasteiger partial charge in [-0.2, -0.15) is 13.2 Å². The van der Waals surface area contributed by atoms with Gasteiger partial charge in [-0.05, 0) is 23.8 Å². The zero-order chi connectivity index (χ0) is 17.9. The first-order valence-corrected chi connectivity index (χ1v) is 8.35. The predicted molar refractivity (Wildman–Crippen MR) is 92.4 cm³/mol. The normalized spacial score (nSPS) is 11.3. The van der Waals surface area contributed by atoms with Crippen molar-refractivity contribution in [2.24, 2.45) is 0 Å². The summed E-state index contributed by atoms with van der Waals surface area (Å²) in [4.78, 5) is 13.0. The van der Waals surface area contributed by atoms with Gasteiger partial charge in [0.15, 0.2) is 0 Å². The van der Waals surface area contributed by atoms with Crippen molar-refractivity contribution in [2.75, 3.05) is 0 Å². The van der Waals surface area contributed by atoms with Crippen LogP contribution in [-0.2, 0) is 12.7 Å². The molecule has 3 aromatic rings. The number of carbonyl (C=O) groups excluding carboxylic acids is 1. The predicted octanol–water partition coefficient (Wildman–Crippen LogP) is 5.36. The van der Waals surface area contributed by atoms with E-state index in [-0.39, 0.29) is 11.5 Å². The molecular formula is C19H14F3NOS. The molecule has 6 heteroatoms. The largest absolute Gasteiger partial charge is 0.417 e. The van der Waals surface area contributed by atoms with Gasteiger partial charge in [0.25, 0.3) is 5.91 Å². The number of hydrogen-bond donors (Lipinski definition) is 1. The zero-order valence-corrected chi connectivity index (χ0v) is 13.8. The lowest BCUT2D eigenvalue weighted by molar-refractivity contribution is -0.137. The third-order valence-corrected chi connectivity index (χ3v) is 4.74. The summed E-state index contributed by atoms with van der Waals surface area (Å²) in [5.41, 5.74) is 0.338. The van der Waals surface area contributed by atoms with Gasteiger partial charge in [0.2, 0.25) is 0 Å². The molecule has 3 rings (SSSR count). The van der Waals surface area contributed by atoms with Crippen LogP contribution in [0.4, 0.5) is 13.2 Å². The summed E-state index contributed by atoms with van der Waals surface area (Å²) in [5, 5.41) is 2.77. The number of hydrogen-bond acceptors (Lipinski definition) is 2. The molecule has 1 heterocycles. The van der Waals surface area contributed by atoms with Gasteiger partial charge in [0.1, 0.15) is 0 Å². The van der Waals surface area contributed by atoms with Gasteiger partial charge >= 0.3 is 6.18 Å². The van der Waals surface area contributed by atoms with E-state index in [1.54, 1.807) is 18.2 Å². The Balaban J connectivity index is 1.78. The first-order chi connectivity index (χ1) is 11.9. The Morgan fingerprint density at radius 1 is 0.920 bits per heavy atom. The molecule has 0 unspecified atom stereocenters. The maximum Gasteiger partial charge on any atom is 0.417 e. The molecule has 128 valence electrons. The summed E-state index contributed by atoms with van der Waals surface area (Å²) < 4.78 is 39.4. The van der Waals surface area contributed by atoms with E-state index >= 15 is 0 Å². The summed E-state index contributed by atoms with van der Waals surface area (Å²) in [7, 11) is 0. The second-order valence-corrected chi connectivity index (χ2v) is 6.46. The van der Waals surface area contributed by atoms with E-state index < -0.39 is 11.7 Å². The first kappa shape index (κ1) is 17.2. The Morgan fingerprint density at radius 2 is 1.60 bits per heavy atom. The number of amides is 1. The monoisotopic (exact) mass is 361 g/mol. The van der Waals surface area contributed by atoms with Crippen molar-refractivity contribution in [2.45, 2.75) is 12.7 Å². The Morgan fingerprint density at radius 3 is 2.32 bits per heavy atom. The van der Waals surface area contributed by atoms with Crippen LogP contribution in [0.15, 0.2) is 66.7 Å². The molecule has 0 spiro atoms. The standard InChI is InChI=1S/C19H14F3NOS/c20-19(21,22)15-9-5-4-8-14(15)16-10-11-17(25-16)18(24)23-12-13-6-2-1-3-7-13/h1-11H,12H2,(H,23,24). The van der Waals surface area contributed by atoms with Crippen molar-refractivity contribution in [3.63, 3.8) is 0 Å². The summed E-state index contributed by atoms with van der Waals surface area (Å²) in [6.07, 6.45) is -4.43. The van der Waals surface area contributed by atoms with Crippen molar-refractivity contribution >= 4 is 17.2 Å². The number of nitrogens with one attached hydrogen (secondary N) is 1. The molecule has 0 saturated carbocycles. The quantitative estimate of drug-likeness (QED) is 0.666. The third kappa shape index (κ3) is 4.09. The van der Waals surface area contributed by atoms with Gasteiger partial charge in [-0.3, -0.25) is 4.79 Å². The van der Waals surface area contributed by atoms with E-state index in [9.17, 15) is 18.0 Å². The smallest absolute Gasteiger partial charge is 0.347 e. The highest BCUT2D eigenvalue weighted by Crippen LogP contribution is 2.39. The van der Waals surface area contributed by atoms with E-state index in [1.807, 2.05) is 30.3 Å². The van der Waals surface area contributed by atoms with Gasteiger partial charge in [0, 0.05) is 17.0 Å². The second-order valence-electron chi connectivity index (χ2n) is 5.38. The summed E-state index contributed by atoms with van der Waals surface area (Å²) in [6, 6.07) is 17.9. The fraction of sp³-hybridized carbons (Fsp3) is 0.105. The van der Waals surface area contributed by atoms with Crippen LogP contribution in [0, 0.1) is 0 Å². The molecule has 0 radical (unpaired) electrons. The van der Waals surface area contributed by atoms with Gasteiger partial charge in [-0.25, -0.2) is 0 Å². The lowest BCUT2D eigenvalue weighted by atomic mass is 10.1. The number of alkyl halides is 3. The summed E-state index contributed by atoms with van der Waals surface area (Å²) in [5.74, 6) is -0.301. The van der Waals surface area contributed by atoms with E-state index in [0.717, 1.165) is 23.0 Å². The molecule has 25 heavy (non-hydrogen) atoms. The SMILES string of the molecule is O=C(NCc1ccccc1)c1ccc(-c2ccccc2C(F)(F)F)s1. The lowest BCUT2D eigenvalue weighted by Crippen LogP contribution is -2.21. The maximum atomic E-state index is 13.1. The van der Waals surface area contributed by atoms with Crippen LogP contribution in [0.1, 0.15) is 20.8 Å². The molecule has 0 saturated heterocycles. The molecule has 0 aliphatic rings. The van der Waals surface area contributed by atoms with Crippen molar-refractivity contribution in [1.82, 2.24) is 5.32 Å². The Kier molecular flexibility index (Phi) is 4.90. The van der Waals surface area contributed by atoms with E-state index in [2.05, 4.69) is 5.32 Å². The van der Waals surface area contributed by atoms with Crippen molar-refractivity contribution in [1.29, 1.82) is 0 Å². The molecule has 2 nitrogen and oxygen atoms in total. The molecule has 0 atom stereocenters. The Hall–Kier alpha value is -2.60. The fourth-order valence-corrected chi connectivity index (χ4v) is 3.38.